The van der Waals surface area contributed by atoms with E-state index in [1.54, 1.807) is 6.07 Å². The van der Waals surface area contributed by atoms with Gasteiger partial charge in [-0.25, -0.2) is 4.39 Å². The van der Waals surface area contributed by atoms with E-state index in [4.69, 9.17) is 0 Å². The van der Waals surface area contributed by atoms with Crippen LogP contribution >= 0.6 is 0 Å². The van der Waals surface area contributed by atoms with Gasteiger partial charge in [0.15, 0.2) is 0 Å². The highest BCUT2D eigenvalue weighted by atomic mass is 19.1. The summed E-state index contributed by atoms with van der Waals surface area (Å²) in [7, 11) is 0. The molecule has 1 N–H and O–H groups in total. The minimum atomic E-state index is -0.222. The quantitative estimate of drug-likeness (QED) is 0.865. The van der Waals surface area contributed by atoms with Gasteiger partial charge in [0.05, 0.1) is 6.20 Å². The van der Waals surface area contributed by atoms with E-state index in [0.29, 0.717) is 12.0 Å². The van der Waals surface area contributed by atoms with Crippen LogP contribution in [0.3, 0.4) is 0 Å². The lowest BCUT2D eigenvalue weighted by molar-refractivity contribution is 0.0207. The molecule has 0 amide bonds. The second-order valence-corrected chi connectivity index (χ2v) is 5.28. The first-order valence-electron chi connectivity index (χ1n) is 7.01. The van der Waals surface area contributed by atoms with E-state index in [2.05, 4.69) is 31.1 Å². The molecule has 1 fully saturated rings. The molecule has 3 heteroatoms. The number of hydrogen-bond acceptors (Lipinski definition) is 2. The van der Waals surface area contributed by atoms with E-state index in [0.717, 1.165) is 31.4 Å². The number of hydrogen-bond donors (Lipinski definition) is 1. The maximum atomic E-state index is 13.3. The molecule has 0 bridgehead atoms. The Bertz CT molecular complexity index is 401. The van der Waals surface area contributed by atoms with Crippen LogP contribution in [0.25, 0.3) is 0 Å². The Kier molecular flexibility index (Phi) is 4.00. The van der Waals surface area contributed by atoms with Crippen molar-refractivity contribution in [1.29, 1.82) is 0 Å². The second-order valence-electron chi connectivity index (χ2n) is 5.28. The minimum absolute atomic E-state index is 0.222. The number of pyridine rings is 1. The van der Waals surface area contributed by atoms with Gasteiger partial charge in [-0.3, -0.25) is 4.98 Å². The van der Waals surface area contributed by atoms with Crippen molar-refractivity contribution < 1.29 is 4.39 Å². The maximum Gasteiger partial charge on any atom is 0.141 e. The zero-order valence-corrected chi connectivity index (χ0v) is 11.5. The van der Waals surface area contributed by atoms with Crippen molar-refractivity contribution >= 4 is 0 Å². The average Bonchev–Trinajstić information content (AvgIpc) is 2.36. The lowest BCUT2D eigenvalue weighted by Crippen LogP contribution is -2.58. The Hall–Kier alpha value is -0.960. The van der Waals surface area contributed by atoms with Crippen molar-refractivity contribution in [3.05, 3.63) is 29.8 Å². The van der Waals surface area contributed by atoms with E-state index < -0.39 is 0 Å². The van der Waals surface area contributed by atoms with Crippen LogP contribution in [0.1, 0.15) is 51.5 Å². The third-order valence-corrected chi connectivity index (χ3v) is 4.75. The second kappa shape index (κ2) is 5.35. The number of nitrogens with one attached hydrogen (secondary N) is 1. The average molecular weight is 250 g/mol. The molecule has 0 aliphatic heterocycles. The molecule has 1 aliphatic rings. The molecule has 2 atom stereocenters. The van der Waals surface area contributed by atoms with Gasteiger partial charge < -0.3 is 5.32 Å². The smallest absolute Gasteiger partial charge is 0.141 e. The van der Waals surface area contributed by atoms with Crippen molar-refractivity contribution in [2.75, 3.05) is 6.54 Å². The molecule has 2 rings (SSSR count). The minimum Gasteiger partial charge on any atom is -0.314 e. The van der Waals surface area contributed by atoms with Crippen LogP contribution < -0.4 is 5.32 Å². The van der Waals surface area contributed by atoms with Gasteiger partial charge in [0.1, 0.15) is 5.82 Å². The van der Waals surface area contributed by atoms with Crippen molar-refractivity contribution in [3.63, 3.8) is 0 Å². The molecule has 100 valence electrons. The normalized spacial score (nSPS) is 25.8. The van der Waals surface area contributed by atoms with Crippen LogP contribution in [0.15, 0.2) is 18.5 Å². The number of aromatic nitrogens is 1. The zero-order valence-electron chi connectivity index (χ0n) is 11.5. The molecule has 0 radical (unpaired) electrons. The molecule has 0 saturated heterocycles. The Morgan fingerprint density at radius 3 is 2.61 bits per heavy atom. The van der Waals surface area contributed by atoms with Crippen LogP contribution in [-0.2, 0) is 0 Å². The molecule has 1 aromatic heterocycles. The number of nitrogens with zero attached hydrogens (tertiary/aromatic N) is 1. The molecular weight excluding hydrogens is 227 g/mol. The summed E-state index contributed by atoms with van der Waals surface area (Å²) in [4.78, 5) is 4.00. The lowest BCUT2D eigenvalue weighted by Gasteiger charge is -2.56. The molecule has 2 unspecified atom stereocenters. The highest BCUT2D eigenvalue weighted by Crippen LogP contribution is 2.57. The summed E-state index contributed by atoms with van der Waals surface area (Å²) in [6.45, 7) is 7.63. The molecule has 18 heavy (non-hydrogen) atoms. The maximum absolute atomic E-state index is 13.3. The van der Waals surface area contributed by atoms with Crippen molar-refractivity contribution in [1.82, 2.24) is 10.3 Å². The van der Waals surface area contributed by atoms with Crippen LogP contribution in [0.4, 0.5) is 4.39 Å². The van der Waals surface area contributed by atoms with E-state index in [9.17, 15) is 4.39 Å². The fraction of sp³-hybridized carbons (Fsp3) is 0.667. The Balaban J connectivity index is 2.24. The highest BCUT2D eigenvalue weighted by Gasteiger charge is 2.52. The van der Waals surface area contributed by atoms with Gasteiger partial charge in [-0.1, -0.05) is 20.8 Å². The van der Waals surface area contributed by atoms with E-state index in [1.165, 1.54) is 6.20 Å². The van der Waals surface area contributed by atoms with Crippen LogP contribution in [0, 0.1) is 11.2 Å². The Morgan fingerprint density at radius 1 is 1.33 bits per heavy atom. The SMILES string of the molecule is CCNC1CC(c2cncc(F)c2)C1(CC)CC. The molecular formula is C15H23FN2. The predicted molar refractivity (Wildman–Crippen MR) is 72.0 cm³/mol. The van der Waals surface area contributed by atoms with Crippen molar-refractivity contribution in [3.8, 4) is 0 Å². The fourth-order valence-corrected chi connectivity index (χ4v) is 3.64. The Morgan fingerprint density at radius 2 is 2.06 bits per heavy atom. The van der Waals surface area contributed by atoms with Gasteiger partial charge in [0.2, 0.25) is 0 Å². The number of rotatable bonds is 5. The summed E-state index contributed by atoms with van der Waals surface area (Å²) in [6.07, 6.45) is 6.46. The molecule has 0 spiro atoms. The van der Waals surface area contributed by atoms with Crippen LogP contribution in [-0.4, -0.2) is 17.6 Å². The number of halogens is 1. The van der Waals surface area contributed by atoms with Crippen LogP contribution in [0.2, 0.25) is 0 Å². The largest absolute Gasteiger partial charge is 0.314 e. The predicted octanol–water partition coefficient (Wildman–Crippen LogP) is 3.49. The molecule has 1 aliphatic carbocycles. The van der Waals surface area contributed by atoms with Gasteiger partial charge in [-0.2, -0.15) is 0 Å². The standard InChI is InChI=1S/C15H23FN2/c1-4-15(5-2)13(8-14(15)18-6-3)11-7-12(16)10-17-9-11/h7,9-10,13-14,18H,4-6,8H2,1-3H3. The fourth-order valence-electron chi connectivity index (χ4n) is 3.64. The first-order chi connectivity index (χ1) is 8.67. The zero-order chi connectivity index (χ0) is 13.2. The summed E-state index contributed by atoms with van der Waals surface area (Å²) in [6, 6.07) is 2.21. The summed E-state index contributed by atoms with van der Waals surface area (Å²) in [5.41, 5.74) is 1.33. The summed E-state index contributed by atoms with van der Waals surface area (Å²) < 4.78 is 13.3. The molecule has 0 aromatic carbocycles. The third kappa shape index (κ3) is 2.05. The molecule has 1 heterocycles. The highest BCUT2D eigenvalue weighted by molar-refractivity contribution is 5.26. The van der Waals surface area contributed by atoms with E-state index >= 15 is 0 Å². The first-order valence-corrected chi connectivity index (χ1v) is 7.01. The topological polar surface area (TPSA) is 24.9 Å². The van der Waals surface area contributed by atoms with Gasteiger partial charge in [0.25, 0.3) is 0 Å². The summed E-state index contributed by atoms with van der Waals surface area (Å²) in [5.74, 6) is 0.222. The van der Waals surface area contributed by atoms with Gasteiger partial charge in [-0.15, -0.1) is 0 Å². The summed E-state index contributed by atoms with van der Waals surface area (Å²) >= 11 is 0. The van der Waals surface area contributed by atoms with E-state index in [-0.39, 0.29) is 11.2 Å². The van der Waals surface area contributed by atoms with Gasteiger partial charge in [-0.05, 0) is 48.8 Å². The van der Waals surface area contributed by atoms with Gasteiger partial charge >= 0.3 is 0 Å². The molecule has 2 nitrogen and oxygen atoms in total. The monoisotopic (exact) mass is 250 g/mol. The molecule has 1 saturated carbocycles. The summed E-state index contributed by atoms with van der Waals surface area (Å²) in [5, 5.41) is 3.57. The lowest BCUT2D eigenvalue weighted by atomic mass is 9.52. The Labute approximate surface area is 109 Å². The first kappa shape index (κ1) is 13.5. The molecule has 1 aromatic rings. The van der Waals surface area contributed by atoms with Gasteiger partial charge in [0, 0.05) is 12.2 Å². The van der Waals surface area contributed by atoms with Crippen LogP contribution in [0.5, 0.6) is 0 Å². The van der Waals surface area contributed by atoms with Crippen molar-refractivity contribution in [2.24, 2.45) is 5.41 Å². The van der Waals surface area contributed by atoms with Crippen molar-refractivity contribution in [2.45, 2.75) is 52.0 Å². The van der Waals surface area contributed by atoms with E-state index in [1.807, 2.05) is 6.20 Å². The third-order valence-electron chi connectivity index (χ3n) is 4.75.